The van der Waals surface area contributed by atoms with Crippen molar-refractivity contribution in [2.45, 2.75) is 341 Å². The third-order valence-electron chi connectivity index (χ3n) is 13.9. The topological polar surface area (TPSA) is 72.8 Å². The van der Waals surface area contributed by atoms with Gasteiger partial charge in [-0.2, -0.15) is 0 Å². The largest absolute Gasteiger partial charge is 0.462 e. The summed E-state index contributed by atoms with van der Waals surface area (Å²) in [4.78, 5) is 24.5. The van der Waals surface area contributed by atoms with Gasteiger partial charge in [-0.25, -0.2) is 0 Å². The third-order valence-corrected chi connectivity index (χ3v) is 13.9. The van der Waals surface area contributed by atoms with Crippen LogP contribution in [0, 0.1) is 0 Å². The van der Waals surface area contributed by atoms with Crippen molar-refractivity contribution in [3.8, 4) is 0 Å². The zero-order valence-corrected chi connectivity index (χ0v) is 45.9. The van der Waals surface area contributed by atoms with Crippen LogP contribution < -0.4 is 0 Å². The molecular weight excluding hydrogens is 837 g/mol. The quantitative estimate of drug-likeness (QED) is 0.0374. The molecule has 0 saturated carbocycles. The number of ether oxygens (including phenoxy) is 2. The van der Waals surface area contributed by atoms with E-state index in [0.29, 0.717) is 12.8 Å². The number of aliphatic hydroxyl groups is 1. The molecule has 5 nitrogen and oxygen atoms in total. The molecule has 68 heavy (non-hydrogen) atoms. The van der Waals surface area contributed by atoms with Crippen molar-refractivity contribution in [3.05, 3.63) is 36.5 Å². The second-order valence-electron chi connectivity index (χ2n) is 20.8. The molecule has 5 heteroatoms. The van der Waals surface area contributed by atoms with Gasteiger partial charge in [-0.3, -0.25) is 9.59 Å². The number of carbonyl (C=O) groups excluding carboxylic acids is 2. The Hall–Kier alpha value is -1.88. The number of esters is 2. The van der Waals surface area contributed by atoms with Crippen LogP contribution >= 0.6 is 0 Å². The fraction of sp³-hybridized carbons (Fsp3) is 0.873. The fourth-order valence-corrected chi connectivity index (χ4v) is 9.29. The summed E-state index contributed by atoms with van der Waals surface area (Å²) in [5.41, 5.74) is 0. The van der Waals surface area contributed by atoms with Crippen molar-refractivity contribution in [2.24, 2.45) is 0 Å². The van der Waals surface area contributed by atoms with E-state index in [9.17, 15) is 14.7 Å². The number of allylic oxidation sites excluding steroid dienone is 6. The zero-order chi connectivity index (χ0) is 49.2. The van der Waals surface area contributed by atoms with Gasteiger partial charge in [-0.05, 0) is 70.6 Å². The lowest BCUT2D eigenvalue weighted by Gasteiger charge is -2.15. The highest BCUT2D eigenvalue weighted by atomic mass is 16.6. The number of hydrogen-bond acceptors (Lipinski definition) is 5. The van der Waals surface area contributed by atoms with E-state index in [0.717, 1.165) is 51.4 Å². The lowest BCUT2D eigenvalue weighted by Crippen LogP contribution is -2.28. The highest BCUT2D eigenvalue weighted by molar-refractivity contribution is 5.70. The van der Waals surface area contributed by atoms with E-state index in [1.807, 2.05) is 0 Å². The lowest BCUT2D eigenvalue weighted by molar-refractivity contribution is -0.161. The molecule has 0 heterocycles. The summed E-state index contributed by atoms with van der Waals surface area (Å²) in [7, 11) is 0. The normalized spacial score (nSPS) is 12.3. The molecule has 1 unspecified atom stereocenters. The first-order chi connectivity index (χ1) is 33.6. The maximum Gasteiger partial charge on any atom is 0.306 e. The number of rotatable bonds is 57. The molecule has 0 rings (SSSR count). The first-order valence-electron chi connectivity index (χ1n) is 30.5. The Bertz CT molecular complexity index is 1080. The number of hydrogen-bond donors (Lipinski definition) is 1. The van der Waals surface area contributed by atoms with Crippen LogP contribution in [-0.4, -0.2) is 36.4 Å². The molecule has 0 aromatic rings. The molecule has 0 spiro atoms. The molecule has 400 valence electrons. The molecular formula is C63H118O5. The number of carbonyl (C=O) groups is 2. The Morgan fingerprint density at radius 3 is 0.882 bits per heavy atom. The minimum atomic E-state index is -0.772. The van der Waals surface area contributed by atoms with Crippen LogP contribution in [0.25, 0.3) is 0 Å². The SMILES string of the molecule is CCCCCCC/C=C\C/C=C\CCCCCCCCCCCCCCCCCCCCCCCCCCCCCC(=O)OC(CO)COC(=O)CCCCCCC/C=C\CCCCCCCC. The van der Waals surface area contributed by atoms with Gasteiger partial charge < -0.3 is 14.6 Å². The van der Waals surface area contributed by atoms with Crippen LogP contribution in [0.15, 0.2) is 36.5 Å². The van der Waals surface area contributed by atoms with Crippen LogP contribution in [0.3, 0.4) is 0 Å². The van der Waals surface area contributed by atoms with Gasteiger partial charge in [0.25, 0.3) is 0 Å². The molecule has 0 aromatic heterocycles. The number of aliphatic hydroxyl groups excluding tert-OH is 1. The third kappa shape index (κ3) is 56.7. The van der Waals surface area contributed by atoms with Crippen molar-refractivity contribution < 1.29 is 24.2 Å². The van der Waals surface area contributed by atoms with Gasteiger partial charge >= 0.3 is 11.9 Å². The van der Waals surface area contributed by atoms with Gasteiger partial charge in [-0.1, -0.05) is 288 Å². The maximum atomic E-state index is 12.3. The summed E-state index contributed by atoms with van der Waals surface area (Å²) in [6.07, 6.45) is 77.3. The lowest BCUT2D eigenvalue weighted by atomic mass is 10.0. The van der Waals surface area contributed by atoms with Crippen molar-refractivity contribution in [1.29, 1.82) is 0 Å². The zero-order valence-electron chi connectivity index (χ0n) is 45.9. The van der Waals surface area contributed by atoms with Gasteiger partial charge in [0.1, 0.15) is 6.61 Å². The minimum Gasteiger partial charge on any atom is -0.462 e. The van der Waals surface area contributed by atoms with E-state index < -0.39 is 6.10 Å². The summed E-state index contributed by atoms with van der Waals surface area (Å²) < 4.78 is 10.7. The van der Waals surface area contributed by atoms with Gasteiger partial charge in [0, 0.05) is 12.8 Å². The van der Waals surface area contributed by atoms with Crippen molar-refractivity contribution in [3.63, 3.8) is 0 Å². The van der Waals surface area contributed by atoms with E-state index in [4.69, 9.17) is 9.47 Å². The molecule has 0 fully saturated rings. The summed E-state index contributed by atoms with van der Waals surface area (Å²) in [6.45, 7) is 4.15. The van der Waals surface area contributed by atoms with Crippen molar-refractivity contribution in [2.75, 3.05) is 13.2 Å². The van der Waals surface area contributed by atoms with Gasteiger partial charge in [-0.15, -0.1) is 0 Å². The van der Waals surface area contributed by atoms with Gasteiger partial charge in [0.15, 0.2) is 6.10 Å². The molecule has 0 amide bonds. The van der Waals surface area contributed by atoms with Crippen molar-refractivity contribution in [1.82, 2.24) is 0 Å². The number of unbranched alkanes of at least 4 members (excludes halogenated alkanes) is 43. The minimum absolute atomic E-state index is 0.0651. The Kier molecular flexibility index (Phi) is 57.8. The Balaban J connectivity index is 3.36. The molecule has 0 bridgehead atoms. The van der Waals surface area contributed by atoms with Crippen molar-refractivity contribution >= 4 is 11.9 Å². The van der Waals surface area contributed by atoms with E-state index in [1.165, 1.54) is 257 Å². The van der Waals surface area contributed by atoms with E-state index in [1.54, 1.807) is 0 Å². The molecule has 0 aliphatic carbocycles. The highest BCUT2D eigenvalue weighted by Gasteiger charge is 2.16. The predicted octanol–water partition coefficient (Wildman–Crippen LogP) is 20.6. The average molecular weight is 956 g/mol. The standard InChI is InChI=1S/C63H118O5/c1-3-5-7-9-11-13-15-17-19-20-21-22-23-24-25-26-27-28-29-30-31-32-33-34-35-36-37-38-39-40-41-42-44-46-48-50-52-54-56-58-63(66)68-61(59-64)60-67-62(65)57-55-53-51-49-47-45-43-18-16-14-12-10-8-6-4-2/h15,17-18,20-21,43,61,64H,3-14,16,19,22-42,44-60H2,1-2H3/b17-15-,21-20-,43-18-. The van der Waals surface area contributed by atoms with E-state index >= 15 is 0 Å². The maximum absolute atomic E-state index is 12.3. The monoisotopic (exact) mass is 955 g/mol. The molecule has 0 saturated heterocycles. The fourth-order valence-electron chi connectivity index (χ4n) is 9.29. The van der Waals surface area contributed by atoms with E-state index in [2.05, 4.69) is 50.3 Å². The smallest absolute Gasteiger partial charge is 0.306 e. The second-order valence-corrected chi connectivity index (χ2v) is 20.8. The molecule has 1 N–H and O–H groups in total. The summed E-state index contributed by atoms with van der Waals surface area (Å²) in [5.74, 6) is -0.584. The first-order valence-corrected chi connectivity index (χ1v) is 30.5. The molecule has 0 aliphatic rings. The van der Waals surface area contributed by atoms with Gasteiger partial charge in [0.2, 0.25) is 0 Å². The van der Waals surface area contributed by atoms with Crippen LogP contribution in [0.5, 0.6) is 0 Å². The second kappa shape index (κ2) is 59.4. The summed E-state index contributed by atoms with van der Waals surface area (Å²) in [6, 6.07) is 0. The van der Waals surface area contributed by atoms with Crippen LogP contribution in [0.4, 0.5) is 0 Å². The van der Waals surface area contributed by atoms with Crippen LogP contribution in [-0.2, 0) is 19.1 Å². The predicted molar refractivity (Wildman–Crippen MR) is 298 cm³/mol. The summed E-state index contributed by atoms with van der Waals surface area (Å²) >= 11 is 0. The average Bonchev–Trinajstić information content (AvgIpc) is 3.34. The molecule has 0 aliphatic heterocycles. The molecule has 0 aromatic carbocycles. The van der Waals surface area contributed by atoms with Crippen LogP contribution in [0.1, 0.15) is 335 Å². The first kappa shape index (κ1) is 66.1. The summed E-state index contributed by atoms with van der Waals surface area (Å²) in [5, 5.41) is 9.64. The van der Waals surface area contributed by atoms with Crippen LogP contribution in [0.2, 0.25) is 0 Å². The highest BCUT2D eigenvalue weighted by Crippen LogP contribution is 2.18. The Labute approximate surface area is 425 Å². The molecule has 0 radical (unpaired) electrons. The van der Waals surface area contributed by atoms with E-state index in [-0.39, 0.29) is 25.2 Å². The molecule has 1 atom stereocenters. The van der Waals surface area contributed by atoms with Gasteiger partial charge in [0.05, 0.1) is 6.61 Å². The Morgan fingerprint density at radius 1 is 0.338 bits per heavy atom. The Morgan fingerprint density at radius 2 is 0.588 bits per heavy atom.